The van der Waals surface area contributed by atoms with Gasteiger partial charge in [-0.15, -0.1) is 0 Å². The largest absolute Gasteiger partial charge is 0.494 e. The molecule has 0 saturated heterocycles. The van der Waals surface area contributed by atoms with Gasteiger partial charge in [-0.1, -0.05) is 42.7 Å². The molecular formula is C28H33N5O4S. The maximum Gasteiger partial charge on any atom is 0.273 e. The Balaban J connectivity index is 1.87. The van der Waals surface area contributed by atoms with E-state index < -0.39 is 17.9 Å². The zero-order valence-electron chi connectivity index (χ0n) is 21.8. The number of aryl methyl sites for hydroxylation is 2. The summed E-state index contributed by atoms with van der Waals surface area (Å²) in [7, 11) is 0. The number of nitrogens with zero attached hydrogens (tertiary/aromatic N) is 2. The first-order valence-electron chi connectivity index (χ1n) is 12.7. The monoisotopic (exact) mass is 535 g/mol. The maximum absolute atomic E-state index is 14.2. The van der Waals surface area contributed by atoms with Gasteiger partial charge >= 0.3 is 0 Å². The fourth-order valence-electron chi connectivity index (χ4n) is 4.86. The number of nitrogens with two attached hydrogens (primary N) is 2. The molecule has 4 rings (SSSR count). The van der Waals surface area contributed by atoms with E-state index >= 15 is 0 Å². The first kappa shape index (κ1) is 27.1. The van der Waals surface area contributed by atoms with Crippen LogP contribution in [-0.4, -0.2) is 34.7 Å². The predicted octanol–water partition coefficient (Wildman–Crippen LogP) is 4.29. The predicted molar refractivity (Wildman–Crippen MR) is 149 cm³/mol. The van der Waals surface area contributed by atoms with E-state index in [0.717, 1.165) is 48.3 Å². The van der Waals surface area contributed by atoms with Crippen molar-refractivity contribution in [3.05, 3.63) is 69.7 Å². The van der Waals surface area contributed by atoms with Gasteiger partial charge in [-0.3, -0.25) is 19.3 Å². The van der Waals surface area contributed by atoms with Crippen LogP contribution in [-0.2, 0) is 4.79 Å². The third-order valence-corrected chi connectivity index (χ3v) is 7.55. The van der Waals surface area contributed by atoms with Gasteiger partial charge in [-0.25, -0.2) is 0 Å². The zero-order valence-corrected chi connectivity index (χ0v) is 22.6. The molecule has 1 atom stereocenters. The summed E-state index contributed by atoms with van der Waals surface area (Å²) in [6.45, 7) is 6.24. The molecule has 38 heavy (non-hydrogen) atoms. The number of hydrogen-bond donors (Lipinski definition) is 3. The number of primary amides is 1. The van der Waals surface area contributed by atoms with Crippen LogP contribution in [0.1, 0.15) is 75.5 Å². The summed E-state index contributed by atoms with van der Waals surface area (Å²) in [5, 5.41) is 3.16. The van der Waals surface area contributed by atoms with Gasteiger partial charge in [0.05, 0.1) is 12.3 Å². The number of hydrogen-bond acceptors (Lipinski definition) is 7. The Kier molecular flexibility index (Phi) is 8.31. The minimum Gasteiger partial charge on any atom is -0.494 e. The molecule has 1 aliphatic rings. The number of aromatic nitrogens is 1. The van der Waals surface area contributed by atoms with Crippen LogP contribution in [0.4, 0.5) is 11.4 Å². The van der Waals surface area contributed by atoms with Crippen LogP contribution in [0.3, 0.4) is 0 Å². The summed E-state index contributed by atoms with van der Waals surface area (Å²) < 4.78 is 9.61. The first-order valence-corrected chi connectivity index (χ1v) is 13.5. The van der Waals surface area contributed by atoms with Crippen molar-refractivity contribution in [3.8, 4) is 5.75 Å². The number of rotatable bonds is 9. The van der Waals surface area contributed by atoms with Crippen molar-refractivity contribution in [3.63, 3.8) is 0 Å². The van der Waals surface area contributed by atoms with Crippen LogP contribution in [0.5, 0.6) is 5.75 Å². The maximum atomic E-state index is 14.2. The van der Waals surface area contributed by atoms with E-state index in [4.69, 9.17) is 16.2 Å². The van der Waals surface area contributed by atoms with Crippen LogP contribution < -0.4 is 26.4 Å². The van der Waals surface area contributed by atoms with Crippen LogP contribution in [0.2, 0.25) is 0 Å². The molecule has 0 radical (unpaired) electrons. The number of anilines is 2. The highest BCUT2D eigenvalue weighted by atomic mass is 32.1. The Labute approximate surface area is 226 Å². The highest BCUT2D eigenvalue weighted by Gasteiger charge is 2.37. The third-order valence-electron chi connectivity index (χ3n) is 6.70. The van der Waals surface area contributed by atoms with Gasteiger partial charge in [0.25, 0.3) is 11.8 Å². The Morgan fingerprint density at radius 2 is 1.82 bits per heavy atom. The molecular weight excluding hydrogens is 502 g/mol. The Hall–Kier alpha value is -3.92. The fourth-order valence-corrected chi connectivity index (χ4v) is 5.60. The molecule has 3 amide bonds. The average molecular weight is 536 g/mol. The number of nitrogens with one attached hydrogen (secondary N) is 1. The van der Waals surface area contributed by atoms with E-state index in [1.54, 1.807) is 24.3 Å². The lowest BCUT2D eigenvalue weighted by Gasteiger charge is -2.33. The number of benzene rings is 2. The quantitative estimate of drug-likeness (QED) is 0.373. The van der Waals surface area contributed by atoms with E-state index in [9.17, 15) is 14.4 Å². The van der Waals surface area contributed by atoms with Gasteiger partial charge in [0.2, 0.25) is 5.91 Å². The Morgan fingerprint density at radius 3 is 2.39 bits per heavy atom. The fraction of sp³-hybridized carbons (Fsp3) is 0.357. The normalized spacial score (nSPS) is 14.2. The number of ether oxygens (including phenoxy) is 1. The molecule has 1 fully saturated rings. The molecule has 1 aromatic heterocycles. The summed E-state index contributed by atoms with van der Waals surface area (Å²) in [6.07, 6.45) is 3.88. The van der Waals surface area contributed by atoms with Gasteiger partial charge in [0.1, 0.15) is 16.7 Å². The molecule has 1 saturated carbocycles. The summed E-state index contributed by atoms with van der Waals surface area (Å²) in [5.41, 5.74) is 14.3. The van der Waals surface area contributed by atoms with E-state index in [1.165, 1.54) is 4.90 Å². The number of carbonyl (C=O) groups excluding carboxylic acids is 3. The van der Waals surface area contributed by atoms with Gasteiger partial charge in [0, 0.05) is 11.7 Å². The lowest BCUT2D eigenvalue weighted by atomic mass is 10.00. The molecule has 5 N–H and O–H groups in total. The Morgan fingerprint density at radius 1 is 1.13 bits per heavy atom. The molecule has 1 aliphatic carbocycles. The van der Waals surface area contributed by atoms with Crippen molar-refractivity contribution in [2.75, 3.05) is 17.2 Å². The second kappa shape index (κ2) is 11.6. The second-order valence-corrected chi connectivity index (χ2v) is 10.3. The van der Waals surface area contributed by atoms with Crippen LogP contribution in [0.15, 0.2) is 42.5 Å². The molecule has 0 aliphatic heterocycles. The van der Waals surface area contributed by atoms with Crippen molar-refractivity contribution in [2.24, 2.45) is 5.73 Å². The molecule has 1 heterocycles. The minimum absolute atomic E-state index is 0.0405. The molecule has 0 unspecified atom stereocenters. The molecule has 0 spiro atoms. The summed E-state index contributed by atoms with van der Waals surface area (Å²) in [5.74, 6) is -1.00. The first-order chi connectivity index (χ1) is 18.2. The third kappa shape index (κ3) is 5.65. The average Bonchev–Trinajstić information content (AvgIpc) is 3.53. The summed E-state index contributed by atoms with van der Waals surface area (Å²) in [6, 6.07) is 11.8. The summed E-state index contributed by atoms with van der Waals surface area (Å²) in [4.78, 5) is 41.5. The lowest BCUT2D eigenvalue weighted by molar-refractivity contribution is -0.123. The van der Waals surface area contributed by atoms with Crippen molar-refractivity contribution >= 4 is 40.6 Å². The number of carbonyl (C=O) groups is 3. The summed E-state index contributed by atoms with van der Waals surface area (Å²) >= 11 is 0.792. The Bertz CT molecular complexity index is 1330. The molecule has 0 bridgehead atoms. The van der Waals surface area contributed by atoms with Crippen molar-refractivity contribution in [1.29, 1.82) is 0 Å². The van der Waals surface area contributed by atoms with E-state index in [2.05, 4.69) is 9.69 Å². The van der Waals surface area contributed by atoms with E-state index in [1.807, 2.05) is 39.0 Å². The molecule has 10 heteroatoms. The number of amides is 3. The van der Waals surface area contributed by atoms with Crippen molar-refractivity contribution < 1.29 is 19.1 Å². The molecule has 3 aromatic rings. The highest BCUT2D eigenvalue weighted by molar-refractivity contribution is 7.09. The minimum atomic E-state index is -1.02. The van der Waals surface area contributed by atoms with E-state index in [-0.39, 0.29) is 28.2 Å². The molecule has 200 valence electrons. The van der Waals surface area contributed by atoms with Gasteiger partial charge in [-0.2, -0.15) is 4.37 Å². The smallest absolute Gasteiger partial charge is 0.273 e. The van der Waals surface area contributed by atoms with Gasteiger partial charge in [0.15, 0.2) is 5.69 Å². The van der Waals surface area contributed by atoms with Gasteiger partial charge < -0.3 is 21.5 Å². The highest BCUT2D eigenvalue weighted by Crippen LogP contribution is 2.36. The van der Waals surface area contributed by atoms with Crippen LogP contribution in [0.25, 0.3) is 0 Å². The topological polar surface area (TPSA) is 141 Å². The van der Waals surface area contributed by atoms with E-state index in [0.29, 0.717) is 23.6 Å². The second-order valence-electron chi connectivity index (χ2n) is 9.50. The standard InChI is InChI=1S/C28H33N5O4S/c1-4-37-20-12-10-18(11-13-20)24(27(35)31-19-7-5-6-8-19)33(21-14-9-16(2)15-17(21)3)28(36)25-22(29)23(26(30)34)32-38-25/h9-15,19,24H,4-8,29H2,1-3H3,(H2,30,34)(H,31,35)/t24-/m0/s1. The molecule has 9 nitrogen and oxygen atoms in total. The van der Waals surface area contributed by atoms with Crippen LogP contribution in [0, 0.1) is 13.8 Å². The zero-order chi connectivity index (χ0) is 27.4. The van der Waals surface area contributed by atoms with Crippen molar-refractivity contribution in [2.45, 2.75) is 58.5 Å². The van der Waals surface area contributed by atoms with Gasteiger partial charge in [-0.05, 0) is 74.5 Å². The lowest BCUT2D eigenvalue weighted by Crippen LogP contribution is -2.46. The number of nitrogen functional groups attached to an aromatic ring is 1. The van der Waals surface area contributed by atoms with Crippen molar-refractivity contribution in [1.82, 2.24) is 9.69 Å². The van der Waals surface area contributed by atoms with Crippen LogP contribution >= 0.6 is 11.5 Å². The molecule has 2 aromatic carbocycles. The SMILES string of the molecule is CCOc1ccc([C@@H](C(=O)NC2CCCC2)N(C(=O)c2snc(C(N)=O)c2N)c2ccc(C)cc2C)cc1.